The van der Waals surface area contributed by atoms with E-state index in [-0.39, 0.29) is 31.6 Å². The number of rotatable bonds is 6. The van der Waals surface area contributed by atoms with Crippen molar-refractivity contribution in [1.29, 1.82) is 0 Å². The van der Waals surface area contributed by atoms with Crippen molar-refractivity contribution in [2.24, 2.45) is 0 Å². The number of nitrogens with zero attached hydrogens (tertiary/aromatic N) is 4. The molecule has 0 fully saturated rings. The van der Waals surface area contributed by atoms with Crippen molar-refractivity contribution in [2.45, 2.75) is 40.3 Å². The molecule has 0 saturated heterocycles. The lowest BCUT2D eigenvalue weighted by atomic mass is 10.4. The first-order valence-electron chi connectivity index (χ1n) is 8.21. The quantitative estimate of drug-likeness (QED) is 0.494. The fourth-order valence-corrected chi connectivity index (χ4v) is 1.77. The van der Waals surface area contributed by atoms with Crippen LogP contribution < -0.4 is 11.5 Å². The van der Waals surface area contributed by atoms with Crippen molar-refractivity contribution in [2.75, 3.05) is 38.4 Å². The molecule has 2 aromatic rings. The molecule has 0 saturated carbocycles. The first-order valence-corrected chi connectivity index (χ1v) is 8.21. The minimum atomic E-state index is -0.504. The zero-order valence-electron chi connectivity index (χ0n) is 15.7. The van der Waals surface area contributed by atoms with Gasteiger partial charge in [-0.2, -0.15) is 9.97 Å². The molecule has 2 heterocycles. The summed E-state index contributed by atoms with van der Waals surface area (Å²) in [7, 11) is 1.00. The van der Waals surface area contributed by atoms with Crippen molar-refractivity contribution in [3.8, 4) is 0 Å². The summed E-state index contributed by atoms with van der Waals surface area (Å²) < 4.78 is 7.04. The number of anilines is 2. The summed E-state index contributed by atoms with van der Waals surface area (Å²) in [6, 6.07) is 0. The van der Waals surface area contributed by atoms with Crippen LogP contribution in [0, 0.1) is 0 Å². The second-order valence-corrected chi connectivity index (χ2v) is 3.85. The summed E-state index contributed by atoms with van der Waals surface area (Å²) in [5.41, 5.74) is 12.1. The van der Waals surface area contributed by atoms with Crippen LogP contribution in [0.4, 0.5) is 11.8 Å². The van der Waals surface area contributed by atoms with Crippen LogP contribution in [0.5, 0.6) is 0 Å². The van der Waals surface area contributed by atoms with Crippen LogP contribution in [0.1, 0.15) is 40.3 Å². The van der Waals surface area contributed by atoms with Gasteiger partial charge in [0.25, 0.3) is 0 Å². The fourth-order valence-electron chi connectivity index (χ4n) is 1.77. The standard InChI is InChI=1S/C10H16N6O3.2C2H6.CH4O/c11-8-7-9(15-10(12)14-8)16(5-13-7)6(1-2-17)19-4-3-18;3*1-2/h5-6,17-18H,1-4H2,(H4,11,12,14,15);2*1-2H3;2H,1H3. The molecular weight excluding hydrogens is 328 g/mol. The highest BCUT2D eigenvalue weighted by Gasteiger charge is 2.17. The second-order valence-electron chi connectivity index (χ2n) is 3.85. The number of aromatic nitrogens is 4. The van der Waals surface area contributed by atoms with Crippen LogP contribution in [0.3, 0.4) is 0 Å². The molecule has 2 aromatic heterocycles. The summed E-state index contributed by atoms with van der Waals surface area (Å²) in [5.74, 6) is 0.225. The molecule has 0 aliphatic rings. The zero-order valence-corrected chi connectivity index (χ0v) is 15.7. The maximum Gasteiger partial charge on any atom is 0.224 e. The van der Waals surface area contributed by atoms with Crippen molar-refractivity contribution in [1.82, 2.24) is 19.5 Å². The van der Waals surface area contributed by atoms with Gasteiger partial charge >= 0.3 is 0 Å². The topological polar surface area (TPSA) is 166 Å². The average Bonchev–Trinajstić information content (AvgIpc) is 3.08. The number of hydrogen-bond donors (Lipinski definition) is 5. The van der Waals surface area contributed by atoms with Crippen LogP contribution in [0.25, 0.3) is 11.2 Å². The van der Waals surface area contributed by atoms with Gasteiger partial charge in [-0.15, -0.1) is 0 Å². The fraction of sp³-hybridized carbons (Fsp3) is 0.667. The van der Waals surface area contributed by atoms with E-state index in [0.717, 1.165) is 7.11 Å². The zero-order chi connectivity index (χ0) is 19.8. The minimum Gasteiger partial charge on any atom is -0.400 e. The largest absolute Gasteiger partial charge is 0.400 e. The molecule has 0 radical (unpaired) electrons. The Bertz CT molecular complexity index is 564. The second kappa shape index (κ2) is 15.5. The van der Waals surface area contributed by atoms with E-state index in [1.807, 2.05) is 27.7 Å². The van der Waals surface area contributed by atoms with E-state index in [1.54, 1.807) is 4.57 Å². The number of hydrogen-bond acceptors (Lipinski definition) is 9. The van der Waals surface area contributed by atoms with Gasteiger partial charge in [0, 0.05) is 20.1 Å². The number of aliphatic hydroxyl groups is 3. The van der Waals surface area contributed by atoms with Gasteiger partial charge in [-0.05, 0) is 0 Å². The average molecular weight is 360 g/mol. The molecule has 0 spiro atoms. The first-order chi connectivity index (χ1) is 12.2. The number of aliphatic hydroxyl groups excluding tert-OH is 3. The number of fused-ring (bicyclic) bond motifs is 1. The summed E-state index contributed by atoms with van der Waals surface area (Å²) >= 11 is 0. The predicted octanol–water partition coefficient (Wildman–Crippen LogP) is 0.542. The van der Waals surface area contributed by atoms with Gasteiger partial charge in [0.2, 0.25) is 5.95 Å². The van der Waals surface area contributed by atoms with Crippen LogP contribution in [0.2, 0.25) is 0 Å². The molecule has 0 aliphatic carbocycles. The third-order valence-corrected chi connectivity index (χ3v) is 2.55. The molecule has 25 heavy (non-hydrogen) atoms. The van der Waals surface area contributed by atoms with Crippen molar-refractivity contribution in [3.05, 3.63) is 6.33 Å². The van der Waals surface area contributed by atoms with Crippen molar-refractivity contribution >= 4 is 22.9 Å². The number of ether oxygens (including phenoxy) is 1. The Morgan fingerprint density at radius 3 is 2.20 bits per heavy atom. The Balaban J connectivity index is 0. The molecule has 0 amide bonds. The molecule has 2 rings (SSSR count). The van der Waals surface area contributed by atoms with E-state index >= 15 is 0 Å². The minimum absolute atomic E-state index is 0.0386. The van der Waals surface area contributed by atoms with Crippen molar-refractivity contribution in [3.63, 3.8) is 0 Å². The number of nitrogen functional groups attached to an aromatic ring is 2. The summed E-state index contributed by atoms with van der Waals surface area (Å²) in [4.78, 5) is 12.0. The Labute approximate surface area is 148 Å². The third kappa shape index (κ3) is 7.61. The van der Waals surface area contributed by atoms with Gasteiger partial charge < -0.3 is 31.5 Å². The molecule has 0 aliphatic heterocycles. The van der Waals surface area contributed by atoms with Crippen LogP contribution >= 0.6 is 0 Å². The number of imidazole rings is 1. The lowest BCUT2D eigenvalue weighted by Crippen LogP contribution is -2.16. The van der Waals surface area contributed by atoms with Gasteiger partial charge in [-0.3, -0.25) is 4.57 Å². The highest BCUT2D eigenvalue weighted by molar-refractivity contribution is 5.82. The molecule has 1 atom stereocenters. The third-order valence-electron chi connectivity index (χ3n) is 2.55. The van der Waals surface area contributed by atoms with Gasteiger partial charge in [-0.25, -0.2) is 4.98 Å². The lowest BCUT2D eigenvalue weighted by Gasteiger charge is -2.18. The van der Waals surface area contributed by atoms with E-state index < -0.39 is 6.23 Å². The van der Waals surface area contributed by atoms with E-state index in [1.165, 1.54) is 6.33 Å². The van der Waals surface area contributed by atoms with Crippen molar-refractivity contribution < 1.29 is 20.1 Å². The Hall–Kier alpha value is -2.01. The lowest BCUT2D eigenvalue weighted by molar-refractivity contribution is -0.0260. The predicted molar refractivity (Wildman–Crippen MR) is 98.8 cm³/mol. The molecule has 10 nitrogen and oxygen atoms in total. The van der Waals surface area contributed by atoms with E-state index in [4.69, 9.17) is 31.5 Å². The van der Waals surface area contributed by atoms with Crippen LogP contribution in [-0.2, 0) is 4.74 Å². The smallest absolute Gasteiger partial charge is 0.224 e. The highest BCUT2D eigenvalue weighted by atomic mass is 16.5. The van der Waals surface area contributed by atoms with Crippen LogP contribution in [0.15, 0.2) is 6.33 Å². The monoisotopic (exact) mass is 360 g/mol. The Morgan fingerprint density at radius 2 is 1.68 bits per heavy atom. The summed E-state index contributed by atoms with van der Waals surface area (Å²) in [6.45, 7) is 7.94. The van der Waals surface area contributed by atoms with Gasteiger partial charge in [0.1, 0.15) is 11.7 Å². The molecule has 146 valence electrons. The summed E-state index contributed by atoms with van der Waals surface area (Å²) in [6.07, 6.45) is 1.32. The maximum absolute atomic E-state index is 9.06. The van der Waals surface area contributed by atoms with Crippen LogP contribution in [-0.4, -0.2) is 61.8 Å². The molecule has 7 N–H and O–H groups in total. The molecule has 1 unspecified atom stereocenters. The first kappa shape index (κ1) is 25.2. The molecule has 10 heteroatoms. The van der Waals surface area contributed by atoms with E-state index in [2.05, 4.69) is 15.0 Å². The van der Waals surface area contributed by atoms with Gasteiger partial charge in [-0.1, -0.05) is 27.7 Å². The number of nitrogens with two attached hydrogens (primary N) is 2. The van der Waals surface area contributed by atoms with Gasteiger partial charge in [0.15, 0.2) is 11.5 Å². The van der Waals surface area contributed by atoms with E-state index in [0.29, 0.717) is 17.6 Å². The Morgan fingerprint density at radius 1 is 1.08 bits per heavy atom. The molecule has 0 aromatic carbocycles. The van der Waals surface area contributed by atoms with E-state index in [9.17, 15) is 0 Å². The Kier molecular flexibility index (Phi) is 15.7. The summed E-state index contributed by atoms with van der Waals surface area (Å²) in [5, 5.41) is 24.9. The van der Waals surface area contributed by atoms with Gasteiger partial charge in [0.05, 0.1) is 19.5 Å². The SMILES string of the molecule is CC.CC.CO.Nc1nc(N)c2ncn(C(CCO)OCCO)c2n1. The highest BCUT2D eigenvalue weighted by Crippen LogP contribution is 2.22. The normalized spacial score (nSPS) is 10.6. The molecular formula is C15H32N6O4. The molecule has 0 bridgehead atoms. The maximum atomic E-state index is 9.06.